The lowest BCUT2D eigenvalue weighted by molar-refractivity contribution is -0.306. The van der Waals surface area contributed by atoms with E-state index in [2.05, 4.69) is 4.98 Å². The Balaban J connectivity index is 1.46. The van der Waals surface area contributed by atoms with E-state index in [1.54, 1.807) is 0 Å². The average Bonchev–Trinajstić information content (AvgIpc) is 3.07. The van der Waals surface area contributed by atoms with Crippen molar-refractivity contribution < 1.29 is 58.3 Å². The first-order valence-electron chi connectivity index (χ1n) is 11.8. The second kappa shape index (κ2) is 10.9. The van der Waals surface area contributed by atoms with Crippen LogP contribution in [0.25, 0.3) is 0 Å². The molecular formula is C20H31N4O13P. The van der Waals surface area contributed by atoms with Crippen LogP contribution in [0.4, 0.5) is 5.82 Å². The summed E-state index contributed by atoms with van der Waals surface area (Å²) in [7, 11) is -5.24. The largest absolute Gasteiger partial charge is 0.477 e. The monoisotopic (exact) mass is 566 g/mol. The molecule has 214 valence electrons. The maximum atomic E-state index is 12.8. The van der Waals surface area contributed by atoms with Crippen LogP contribution in [-0.2, 0) is 27.9 Å². The molecule has 0 spiro atoms. The topological polar surface area (TPSA) is 279 Å². The summed E-state index contributed by atoms with van der Waals surface area (Å²) in [5.74, 6) is -5.21. The van der Waals surface area contributed by atoms with Crippen LogP contribution in [0, 0.1) is 11.8 Å². The maximum Gasteiger partial charge on any atom is 0.475 e. The molecule has 0 aromatic carbocycles. The van der Waals surface area contributed by atoms with Gasteiger partial charge in [-0.3, -0.25) is 9.09 Å². The lowest BCUT2D eigenvalue weighted by atomic mass is 9.72. The molecule has 18 heteroatoms. The van der Waals surface area contributed by atoms with Crippen molar-refractivity contribution in [3.05, 3.63) is 22.7 Å². The minimum absolute atomic E-state index is 0.0369. The number of hydrogen-bond acceptors (Lipinski definition) is 14. The van der Waals surface area contributed by atoms with Gasteiger partial charge in [-0.25, -0.2) is 18.7 Å². The molecule has 2 aliphatic heterocycles. The van der Waals surface area contributed by atoms with Crippen molar-refractivity contribution in [2.24, 2.45) is 17.6 Å². The number of ether oxygens (including phenoxy) is 2. The molecule has 38 heavy (non-hydrogen) atoms. The Morgan fingerprint density at radius 3 is 2.58 bits per heavy atom. The minimum atomic E-state index is -5.24. The van der Waals surface area contributed by atoms with E-state index in [0.717, 1.165) is 0 Å². The average molecular weight is 566 g/mol. The Morgan fingerprint density at radius 2 is 2.00 bits per heavy atom. The third-order valence-corrected chi connectivity index (χ3v) is 8.17. The molecule has 0 radical (unpaired) electrons. The molecule has 2 saturated heterocycles. The number of aromatic nitrogens is 2. The Bertz CT molecular complexity index is 1140. The molecule has 3 heterocycles. The van der Waals surface area contributed by atoms with Crippen LogP contribution >= 0.6 is 7.82 Å². The van der Waals surface area contributed by atoms with Crippen molar-refractivity contribution in [3.63, 3.8) is 0 Å². The SMILES string of the molecule is NCC(O)C(O)C1OC(OP(=O)(O)OCC2OC(n3ccc(N)nc3=O)C3CCC23)(C(=O)O)CC(O)C1O. The number of rotatable bonds is 10. The van der Waals surface area contributed by atoms with Gasteiger partial charge in [0.15, 0.2) is 0 Å². The van der Waals surface area contributed by atoms with Gasteiger partial charge < -0.3 is 51.4 Å². The zero-order valence-corrected chi connectivity index (χ0v) is 20.8. The standard InChI is InChI=1S/C20H31N4O13P/c21-6-11(26)15(28)16-14(27)10(25)5-20(36-16,18(29)30)37-38(32,33)34-7-12-8-1-2-9(8)17(35-12)24-4-3-13(22)23-19(24)31/h3-4,8-12,14-17,25-28H,1-2,5-7,21H2,(H,29,30)(H,32,33)(H2,22,23,31). The zero-order chi connectivity index (χ0) is 28.0. The highest BCUT2D eigenvalue weighted by molar-refractivity contribution is 7.47. The summed E-state index contributed by atoms with van der Waals surface area (Å²) < 4.78 is 35.0. The van der Waals surface area contributed by atoms with Gasteiger partial charge in [0, 0.05) is 25.1 Å². The number of carboxylic acids is 1. The first-order chi connectivity index (χ1) is 17.8. The van der Waals surface area contributed by atoms with E-state index in [1.807, 2.05) is 0 Å². The number of phosphoric acid groups is 1. The van der Waals surface area contributed by atoms with Crippen LogP contribution in [0.1, 0.15) is 25.5 Å². The predicted octanol–water partition coefficient (Wildman–Crippen LogP) is -3.15. The molecule has 11 unspecified atom stereocenters. The number of nitrogens with zero attached hydrogens (tertiary/aromatic N) is 2. The van der Waals surface area contributed by atoms with Gasteiger partial charge in [0.25, 0.3) is 5.79 Å². The van der Waals surface area contributed by atoms with Gasteiger partial charge in [0.2, 0.25) is 0 Å². The number of aliphatic hydroxyl groups excluding tert-OH is 4. The fraction of sp³-hybridized carbons (Fsp3) is 0.750. The highest BCUT2D eigenvalue weighted by Gasteiger charge is 2.58. The van der Waals surface area contributed by atoms with E-state index in [-0.39, 0.29) is 17.7 Å². The van der Waals surface area contributed by atoms with E-state index in [4.69, 9.17) is 30.0 Å². The smallest absolute Gasteiger partial charge is 0.475 e. The second-order valence-electron chi connectivity index (χ2n) is 9.56. The molecular weight excluding hydrogens is 535 g/mol. The first kappa shape index (κ1) is 29.0. The molecule has 1 aliphatic carbocycles. The Kier molecular flexibility index (Phi) is 8.28. The Labute approximate surface area is 215 Å². The summed E-state index contributed by atoms with van der Waals surface area (Å²) in [5, 5.41) is 50.2. The second-order valence-corrected chi connectivity index (χ2v) is 10.9. The highest BCUT2D eigenvalue weighted by atomic mass is 31.2. The van der Waals surface area contributed by atoms with Crippen molar-refractivity contribution in [1.82, 2.24) is 9.55 Å². The number of aliphatic carboxylic acids is 1. The molecule has 0 bridgehead atoms. The summed E-state index contributed by atoms with van der Waals surface area (Å²) >= 11 is 0. The van der Waals surface area contributed by atoms with Crippen molar-refractivity contribution in [2.45, 2.75) is 67.9 Å². The number of fused-ring (bicyclic) bond motifs is 1. The third-order valence-electron chi connectivity index (χ3n) is 7.17. The van der Waals surface area contributed by atoms with Crippen molar-refractivity contribution in [2.75, 3.05) is 18.9 Å². The Morgan fingerprint density at radius 1 is 1.32 bits per heavy atom. The van der Waals surface area contributed by atoms with Crippen LogP contribution in [0.15, 0.2) is 17.1 Å². The van der Waals surface area contributed by atoms with Crippen LogP contribution < -0.4 is 17.2 Å². The van der Waals surface area contributed by atoms with Crippen LogP contribution in [0.3, 0.4) is 0 Å². The minimum Gasteiger partial charge on any atom is -0.477 e. The van der Waals surface area contributed by atoms with Crippen molar-refractivity contribution >= 4 is 19.6 Å². The fourth-order valence-corrected chi connectivity index (χ4v) is 5.96. The van der Waals surface area contributed by atoms with E-state index < -0.39 is 87.7 Å². The zero-order valence-electron chi connectivity index (χ0n) is 19.9. The molecule has 4 rings (SSSR count). The Hall–Kier alpha value is -2.02. The third kappa shape index (κ3) is 5.50. The van der Waals surface area contributed by atoms with E-state index in [9.17, 15) is 44.6 Å². The maximum absolute atomic E-state index is 12.8. The van der Waals surface area contributed by atoms with Gasteiger partial charge in [-0.2, -0.15) is 4.98 Å². The molecule has 17 nitrogen and oxygen atoms in total. The number of phosphoric ester groups is 1. The van der Waals surface area contributed by atoms with Crippen molar-refractivity contribution in [3.8, 4) is 0 Å². The van der Waals surface area contributed by atoms with Crippen LogP contribution in [-0.4, -0.2) is 102 Å². The van der Waals surface area contributed by atoms with Gasteiger partial charge in [-0.15, -0.1) is 0 Å². The molecule has 0 amide bonds. The summed E-state index contributed by atoms with van der Waals surface area (Å²) in [5.41, 5.74) is 10.2. The summed E-state index contributed by atoms with van der Waals surface area (Å²) in [4.78, 5) is 38.3. The number of hydrogen-bond donors (Lipinski definition) is 8. The van der Waals surface area contributed by atoms with Gasteiger partial charge in [0.05, 0.1) is 24.9 Å². The summed E-state index contributed by atoms with van der Waals surface area (Å²) in [6, 6.07) is 1.43. The van der Waals surface area contributed by atoms with Gasteiger partial charge >= 0.3 is 19.5 Å². The van der Waals surface area contributed by atoms with Gasteiger partial charge in [-0.05, 0) is 24.8 Å². The molecule has 11 atom stereocenters. The van der Waals surface area contributed by atoms with Gasteiger partial charge in [0.1, 0.15) is 30.4 Å². The predicted molar refractivity (Wildman–Crippen MR) is 123 cm³/mol. The molecule has 1 aromatic rings. The summed E-state index contributed by atoms with van der Waals surface area (Å²) in [6.07, 6.45) is -9.07. The van der Waals surface area contributed by atoms with Gasteiger partial charge in [-0.1, -0.05) is 0 Å². The van der Waals surface area contributed by atoms with Crippen molar-refractivity contribution in [1.29, 1.82) is 0 Å². The number of nitrogens with two attached hydrogens (primary N) is 2. The van der Waals surface area contributed by atoms with E-state index in [0.29, 0.717) is 12.8 Å². The van der Waals surface area contributed by atoms with E-state index >= 15 is 0 Å². The summed E-state index contributed by atoms with van der Waals surface area (Å²) in [6.45, 7) is -1.03. The normalized spacial score (nSPS) is 38.0. The number of anilines is 1. The molecule has 10 N–H and O–H groups in total. The number of aliphatic hydroxyl groups is 4. The molecule has 1 aromatic heterocycles. The molecule has 1 saturated carbocycles. The lowest BCUT2D eigenvalue weighted by Crippen LogP contribution is -2.63. The number of nitrogen functional groups attached to an aromatic ring is 1. The quantitative estimate of drug-likeness (QED) is 0.130. The van der Waals surface area contributed by atoms with Crippen LogP contribution in [0.5, 0.6) is 0 Å². The van der Waals surface area contributed by atoms with E-state index in [1.165, 1.54) is 16.8 Å². The fourth-order valence-electron chi connectivity index (χ4n) is 5.00. The molecule has 3 aliphatic rings. The number of carbonyl (C=O) groups is 1. The first-order valence-corrected chi connectivity index (χ1v) is 13.3. The van der Waals surface area contributed by atoms with Crippen LogP contribution in [0.2, 0.25) is 0 Å². The highest BCUT2D eigenvalue weighted by Crippen LogP contribution is 2.55. The lowest BCUT2D eigenvalue weighted by Gasteiger charge is -2.44. The number of carboxylic acid groups (broad SMARTS) is 1. The molecule has 3 fully saturated rings.